The predicted molar refractivity (Wildman–Crippen MR) is 137 cm³/mol. The second-order valence-electron chi connectivity index (χ2n) is 8.44. The molecule has 0 spiro atoms. The summed E-state index contributed by atoms with van der Waals surface area (Å²) in [6.45, 7) is 6.42. The summed E-state index contributed by atoms with van der Waals surface area (Å²) in [4.78, 5) is 39.9. The number of sulfonamides is 1. The molecule has 2 aliphatic heterocycles. The van der Waals surface area contributed by atoms with Gasteiger partial charge in [-0.15, -0.1) is 0 Å². The fraction of sp³-hybridized carbons (Fsp3) is 0.400. The Labute approximate surface area is 215 Å². The minimum Gasteiger partial charge on any atom is -0.458 e. The van der Waals surface area contributed by atoms with Gasteiger partial charge in [0.25, 0.3) is 11.8 Å². The molecule has 1 aromatic heterocycles. The Bertz CT molecular complexity index is 1380. The zero-order chi connectivity index (χ0) is 27.4. The van der Waals surface area contributed by atoms with E-state index in [1.54, 1.807) is 7.11 Å². The van der Waals surface area contributed by atoms with Crippen molar-refractivity contribution >= 4 is 38.8 Å². The lowest BCUT2D eigenvalue weighted by Crippen LogP contribution is -2.53. The molecule has 0 aliphatic carbocycles. The van der Waals surface area contributed by atoms with E-state index in [-0.39, 0.29) is 29.7 Å². The third-order valence-electron chi connectivity index (χ3n) is 5.98. The van der Waals surface area contributed by atoms with Gasteiger partial charge in [-0.3, -0.25) is 14.9 Å². The molecule has 1 fully saturated rings. The maximum atomic E-state index is 13.3. The molecule has 0 saturated carbocycles. The first kappa shape index (κ1) is 28.1. The van der Waals surface area contributed by atoms with E-state index in [1.807, 2.05) is 32.9 Å². The molecule has 1 aromatic carbocycles. The van der Waals surface area contributed by atoms with E-state index in [0.717, 1.165) is 12.0 Å². The largest absolute Gasteiger partial charge is 0.458 e. The summed E-state index contributed by atoms with van der Waals surface area (Å²) in [6.07, 6.45) is 4.97. The molecule has 2 aliphatic rings. The summed E-state index contributed by atoms with van der Waals surface area (Å²) >= 11 is 0. The lowest BCUT2D eigenvalue weighted by Gasteiger charge is -2.29. The van der Waals surface area contributed by atoms with E-state index < -0.39 is 27.5 Å². The van der Waals surface area contributed by atoms with Crippen molar-refractivity contribution in [3.05, 3.63) is 53.3 Å². The number of fused-ring (bicyclic) bond motifs is 1. The molecule has 0 unspecified atom stereocenters. The Hall–Kier alpha value is -3.48. The topological polar surface area (TPSA) is 161 Å². The molecule has 2 aromatic rings. The monoisotopic (exact) mass is 532 g/mol. The van der Waals surface area contributed by atoms with E-state index in [1.165, 1.54) is 29.2 Å². The normalized spacial score (nSPS) is 20.0. The van der Waals surface area contributed by atoms with Gasteiger partial charge in [0.15, 0.2) is 5.54 Å². The molecule has 4 N–H and O–H groups in total. The van der Waals surface area contributed by atoms with Crippen LogP contribution in [0, 0.1) is 0 Å². The first-order valence-corrected chi connectivity index (χ1v) is 13.5. The van der Waals surface area contributed by atoms with Crippen LogP contribution >= 0.6 is 0 Å². The predicted octanol–water partition coefficient (Wildman–Crippen LogP) is 2.28. The molecule has 200 valence electrons. The second-order valence-corrected chi connectivity index (χ2v) is 10.0. The average molecular weight is 533 g/mol. The third-order valence-corrected chi connectivity index (χ3v) is 6.89. The highest BCUT2D eigenvalue weighted by atomic mass is 32.2. The van der Waals surface area contributed by atoms with Gasteiger partial charge in [-0.1, -0.05) is 39.3 Å². The average Bonchev–Trinajstić information content (AvgIpc) is 3.50. The van der Waals surface area contributed by atoms with Crippen molar-refractivity contribution in [2.45, 2.75) is 44.0 Å². The number of furan rings is 1. The molecular formula is C25H32N4O7S. The second kappa shape index (κ2) is 11.3. The number of urea groups is 1. The molecular weight excluding hydrogens is 500 g/mol. The zero-order valence-electron chi connectivity index (χ0n) is 21.3. The van der Waals surface area contributed by atoms with Gasteiger partial charge in [0.05, 0.1) is 18.0 Å². The smallest absolute Gasteiger partial charge is 0.322 e. The SMILES string of the molecule is CC.CCCC1=C(/C=C\COC)CN(C[C@@]2(c3cc4cc(S(N)(=O)=O)ccc4o3)NC(=O)NC2=O)C1=O. The highest BCUT2D eigenvalue weighted by molar-refractivity contribution is 7.89. The summed E-state index contributed by atoms with van der Waals surface area (Å²) in [5.41, 5.74) is 0.0519. The molecule has 1 saturated heterocycles. The van der Waals surface area contributed by atoms with Gasteiger partial charge < -0.3 is 19.4 Å². The Morgan fingerprint density at radius 1 is 1.22 bits per heavy atom. The maximum absolute atomic E-state index is 13.3. The third kappa shape index (κ3) is 5.60. The van der Waals surface area contributed by atoms with Crippen LogP contribution in [-0.2, 0) is 29.9 Å². The van der Waals surface area contributed by atoms with Gasteiger partial charge in [-0.2, -0.15) is 0 Å². The summed E-state index contributed by atoms with van der Waals surface area (Å²) in [5.74, 6) is -0.845. The summed E-state index contributed by atoms with van der Waals surface area (Å²) in [5, 5.41) is 10.4. The first-order valence-electron chi connectivity index (χ1n) is 12.0. The van der Waals surface area contributed by atoms with Crippen molar-refractivity contribution in [3.63, 3.8) is 0 Å². The number of carbonyl (C=O) groups is 3. The molecule has 12 heteroatoms. The molecule has 0 radical (unpaired) electrons. The molecule has 1 atom stereocenters. The van der Waals surface area contributed by atoms with Crippen molar-refractivity contribution in [1.29, 1.82) is 0 Å². The van der Waals surface area contributed by atoms with Crippen LogP contribution in [0.25, 0.3) is 11.0 Å². The number of ether oxygens (including phenoxy) is 1. The standard InChI is InChI=1S/C23H26N4O7S.C2H6/c1-3-5-17-14(6-4-9-33-2)12-27(20(17)28)13-23(21(29)25-22(30)26-23)19-11-15-10-16(35(24,31)32)7-8-18(15)34-19;1-2/h4,6-8,10-11H,3,5,9,12-13H2,1-2H3,(H2,24,31,32)(H2,25,26,29,30);1-2H3/b6-4-;/t23-;/m0./s1. The number of imide groups is 1. The van der Waals surface area contributed by atoms with E-state index in [9.17, 15) is 22.8 Å². The van der Waals surface area contributed by atoms with E-state index in [2.05, 4.69) is 10.6 Å². The number of methoxy groups -OCH3 is 1. The lowest BCUT2D eigenvalue weighted by molar-refractivity contribution is -0.130. The zero-order valence-corrected chi connectivity index (χ0v) is 22.1. The van der Waals surface area contributed by atoms with Gasteiger partial charge in [0, 0.05) is 24.6 Å². The Morgan fingerprint density at radius 3 is 2.54 bits per heavy atom. The number of hydrogen-bond donors (Lipinski definition) is 3. The Morgan fingerprint density at radius 2 is 1.95 bits per heavy atom. The van der Waals surface area contributed by atoms with Crippen LogP contribution in [0.3, 0.4) is 0 Å². The fourth-order valence-electron chi connectivity index (χ4n) is 4.34. The molecule has 0 bridgehead atoms. The van der Waals surface area contributed by atoms with Crippen LogP contribution in [0.4, 0.5) is 4.79 Å². The lowest BCUT2D eigenvalue weighted by atomic mass is 9.95. The molecule has 4 rings (SSSR count). The summed E-state index contributed by atoms with van der Waals surface area (Å²) < 4.78 is 34.4. The van der Waals surface area contributed by atoms with Crippen molar-refractivity contribution in [2.24, 2.45) is 5.14 Å². The molecule has 3 heterocycles. The minimum atomic E-state index is -3.96. The van der Waals surface area contributed by atoms with Crippen molar-refractivity contribution < 1.29 is 32.0 Å². The molecule has 11 nitrogen and oxygen atoms in total. The summed E-state index contributed by atoms with van der Waals surface area (Å²) in [7, 11) is -2.39. The molecule has 4 amide bonds. The number of primary sulfonamides is 1. The summed E-state index contributed by atoms with van der Waals surface area (Å²) in [6, 6.07) is 4.76. The number of nitrogens with two attached hydrogens (primary N) is 1. The van der Waals surface area contributed by atoms with Crippen molar-refractivity contribution in [1.82, 2.24) is 15.5 Å². The van der Waals surface area contributed by atoms with Crippen LogP contribution in [0.15, 0.2) is 56.9 Å². The van der Waals surface area contributed by atoms with Crippen LogP contribution in [0.5, 0.6) is 0 Å². The number of nitrogens with zero attached hydrogens (tertiary/aromatic N) is 1. The van der Waals surface area contributed by atoms with Gasteiger partial charge in [0.2, 0.25) is 10.0 Å². The number of carbonyl (C=O) groups excluding carboxylic acids is 3. The fourth-order valence-corrected chi connectivity index (χ4v) is 4.88. The maximum Gasteiger partial charge on any atom is 0.322 e. The quantitative estimate of drug-likeness (QED) is 0.417. The van der Waals surface area contributed by atoms with Gasteiger partial charge in [-0.05, 0) is 36.3 Å². The van der Waals surface area contributed by atoms with E-state index in [4.69, 9.17) is 14.3 Å². The van der Waals surface area contributed by atoms with Crippen LogP contribution < -0.4 is 15.8 Å². The first-order chi connectivity index (χ1) is 17.6. The Kier molecular flexibility index (Phi) is 8.57. The van der Waals surface area contributed by atoms with E-state index >= 15 is 0 Å². The van der Waals surface area contributed by atoms with Gasteiger partial charge in [-0.25, -0.2) is 18.4 Å². The van der Waals surface area contributed by atoms with Crippen LogP contribution in [0.2, 0.25) is 0 Å². The van der Waals surface area contributed by atoms with Gasteiger partial charge >= 0.3 is 6.03 Å². The van der Waals surface area contributed by atoms with Crippen molar-refractivity contribution in [3.8, 4) is 0 Å². The van der Waals surface area contributed by atoms with Gasteiger partial charge in [0.1, 0.15) is 11.3 Å². The minimum absolute atomic E-state index is 0.0654. The highest BCUT2D eigenvalue weighted by Gasteiger charge is 2.53. The number of benzene rings is 1. The van der Waals surface area contributed by atoms with Crippen molar-refractivity contribution in [2.75, 3.05) is 26.8 Å². The van der Waals surface area contributed by atoms with Crippen LogP contribution in [-0.4, -0.2) is 58.0 Å². The molecule has 37 heavy (non-hydrogen) atoms. The number of hydrogen-bond acceptors (Lipinski definition) is 7. The number of rotatable bonds is 9. The highest BCUT2D eigenvalue weighted by Crippen LogP contribution is 2.35. The number of amides is 4. The Balaban J connectivity index is 0.00000186. The van der Waals surface area contributed by atoms with Crippen LogP contribution in [0.1, 0.15) is 39.4 Å². The van der Waals surface area contributed by atoms with E-state index in [0.29, 0.717) is 29.6 Å². The number of nitrogens with one attached hydrogen (secondary N) is 2.